The van der Waals surface area contributed by atoms with E-state index in [9.17, 15) is 4.79 Å². The Kier molecular flexibility index (Phi) is 6.08. The van der Waals surface area contributed by atoms with Crippen LogP contribution in [0.4, 0.5) is 17.3 Å². The fourth-order valence-corrected chi connectivity index (χ4v) is 3.28. The molecule has 30 heavy (non-hydrogen) atoms. The number of anilines is 3. The van der Waals surface area contributed by atoms with Gasteiger partial charge in [0.1, 0.15) is 5.75 Å². The van der Waals surface area contributed by atoms with E-state index in [0.717, 1.165) is 24.6 Å². The van der Waals surface area contributed by atoms with Crippen molar-refractivity contribution in [2.24, 2.45) is 0 Å². The van der Waals surface area contributed by atoms with Crippen molar-refractivity contribution in [3.05, 3.63) is 72.3 Å². The van der Waals surface area contributed by atoms with Crippen LogP contribution in [0.1, 0.15) is 5.56 Å². The number of aryl methyl sites for hydroxylation is 1. The monoisotopic (exact) mass is 403 g/mol. The second-order valence-corrected chi connectivity index (χ2v) is 7.24. The van der Waals surface area contributed by atoms with Gasteiger partial charge in [0, 0.05) is 31.9 Å². The Morgan fingerprint density at radius 1 is 0.933 bits per heavy atom. The van der Waals surface area contributed by atoms with E-state index in [-0.39, 0.29) is 12.5 Å². The van der Waals surface area contributed by atoms with Crippen LogP contribution >= 0.6 is 0 Å². The molecule has 2 aromatic carbocycles. The molecule has 4 rings (SSSR count). The van der Waals surface area contributed by atoms with E-state index in [1.54, 1.807) is 0 Å². The first-order valence-corrected chi connectivity index (χ1v) is 10.1. The Morgan fingerprint density at radius 3 is 2.33 bits per heavy atom. The average molecular weight is 403 g/mol. The third-order valence-electron chi connectivity index (χ3n) is 5.04. The Morgan fingerprint density at radius 2 is 1.67 bits per heavy atom. The number of nitrogens with zero attached hydrogens (tertiary/aromatic N) is 4. The summed E-state index contributed by atoms with van der Waals surface area (Å²) in [5.41, 5.74) is 2.19. The van der Waals surface area contributed by atoms with Gasteiger partial charge in [-0.2, -0.15) is 0 Å². The number of carbonyl (C=O) groups is 1. The van der Waals surface area contributed by atoms with E-state index in [0.29, 0.717) is 24.7 Å². The number of hydrogen-bond donors (Lipinski definition) is 1. The predicted molar refractivity (Wildman–Crippen MR) is 117 cm³/mol. The van der Waals surface area contributed by atoms with E-state index < -0.39 is 0 Å². The molecular formula is C23H25N5O2. The first kappa shape index (κ1) is 19.7. The minimum atomic E-state index is 0.00207. The zero-order valence-corrected chi connectivity index (χ0v) is 17.0. The molecule has 0 bridgehead atoms. The summed E-state index contributed by atoms with van der Waals surface area (Å²) in [7, 11) is 0. The normalized spacial score (nSPS) is 13.8. The van der Waals surface area contributed by atoms with Crippen LogP contribution in [0.3, 0.4) is 0 Å². The number of ether oxygens (including phenoxy) is 1. The van der Waals surface area contributed by atoms with E-state index in [1.807, 2.05) is 59.5 Å². The van der Waals surface area contributed by atoms with Gasteiger partial charge in [-0.3, -0.25) is 4.79 Å². The summed E-state index contributed by atoms with van der Waals surface area (Å²) in [5.74, 6) is 2.23. The van der Waals surface area contributed by atoms with Crippen LogP contribution < -0.4 is 15.0 Å². The second-order valence-electron chi connectivity index (χ2n) is 7.24. The molecule has 0 atom stereocenters. The summed E-state index contributed by atoms with van der Waals surface area (Å²) in [4.78, 5) is 16.4. The zero-order valence-electron chi connectivity index (χ0n) is 17.0. The first-order chi connectivity index (χ1) is 14.7. The van der Waals surface area contributed by atoms with Crippen LogP contribution in [0.15, 0.2) is 66.7 Å². The Labute approximate surface area is 176 Å². The maximum Gasteiger partial charge on any atom is 0.260 e. The minimum Gasteiger partial charge on any atom is -0.484 e. The molecular weight excluding hydrogens is 378 g/mol. The van der Waals surface area contributed by atoms with Crippen molar-refractivity contribution in [1.29, 1.82) is 0 Å². The number of piperazine rings is 1. The summed E-state index contributed by atoms with van der Waals surface area (Å²) in [6, 6.07) is 21.4. The smallest absolute Gasteiger partial charge is 0.260 e. The summed E-state index contributed by atoms with van der Waals surface area (Å²) in [6.07, 6.45) is 0. The topological polar surface area (TPSA) is 70.6 Å². The van der Waals surface area contributed by atoms with Crippen LogP contribution in [0.25, 0.3) is 0 Å². The standard InChI is InChI=1S/C23H25N5O2/c1-18-7-9-19(10-8-18)24-21-11-12-22(26-25-21)27-13-15-28(16-14-27)23(29)17-30-20-5-3-2-4-6-20/h2-12H,13-17H2,1H3,(H,24,25). The number of nitrogens with one attached hydrogen (secondary N) is 1. The summed E-state index contributed by atoms with van der Waals surface area (Å²) >= 11 is 0. The van der Waals surface area contributed by atoms with Gasteiger partial charge in [0.25, 0.3) is 5.91 Å². The molecule has 0 unspecified atom stereocenters. The lowest BCUT2D eigenvalue weighted by Crippen LogP contribution is -2.50. The molecule has 0 spiro atoms. The van der Waals surface area contributed by atoms with Crippen LogP contribution in [0.5, 0.6) is 5.75 Å². The molecule has 0 aliphatic carbocycles. The SMILES string of the molecule is Cc1ccc(Nc2ccc(N3CCN(C(=O)COc4ccccc4)CC3)nn2)cc1. The van der Waals surface area contributed by atoms with Crippen LogP contribution in [0.2, 0.25) is 0 Å². The quantitative estimate of drug-likeness (QED) is 0.681. The maximum absolute atomic E-state index is 12.4. The molecule has 1 fully saturated rings. The van der Waals surface area contributed by atoms with Gasteiger partial charge in [0.15, 0.2) is 18.2 Å². The van der Waals surface area contributed by atoms with Crippen molar-refractivity contribution in [3.8, 4) is 5.75 Å². The molecule has 154 valence electrons. The van der Waals surface area contributed by atoms with Gasteiger partial charge >= 0.3 is 0 Å². The Balaban J connectivity index is 1.26. The maximum atomic E-state index is 12.4. The molecule has 0 saturated carbocycles. The van der Waals surface area contributed by atoms with Gasteiger partial charge in [-0.1, -0.05) is 35.9 Å². The van der Waals surface area contributed by atoms with Crippen molar-refractivity contribution in [3.63, 3.8) is 0 Å². The van der Waals surface area contributed by atoms with Crippen molar-refractivity contribution in [2.75, 3.05) is 43.0 Å². The molecule has 1 N–H and O–H groups in total. The highest BCUT2D eigenvalue weighted by Crippen LogP contribution is 2.18. The van der Waals surface area contributed by atoms with Gasteiger partial charge in [-0.15, -0.1) is 10.2 Å². The molecule has 1 aliphatic rings. The lowest BCUT2D eigenvalue weighted by atomic mass is 10.2. The molecule has 1 saturated heterocycles. The average Bonchev–Trinajstić information content (AvgIpc) is 2.80. The summed E-state index contributed by atoms with van der Waals surface area (Å²) in [5, 5.41) is 11.9. The number of carbonyl (C=O) groups excluding carboxylic acids is 1. The predicted octanol–water partition coefficient (Wildman–Crippen LogP) is 3.26. The van der Waals surface area contributed by atoms with Gasteiger partial charge in [-0.05, 0) is 43.3 Å². The van der Waals surface area contributed by atoms with Crippen molar-refractivity contribution in [2.45, 2.75) is 6.92 Å². The Bertz CT molecular complexity index is 953. The van der Waals surface area contributed by atoms with Crippen LogP contribution in [0, 0.1) is 6.92 Å². The van der Waals surface area contributed by atoms with E-state index in [1.165, 1.54) is 5.56 Å². The third kappa shape index (κ3) is 5.05. The number of aromatic nitrogens is 2. The molecule has 2 heterocycles. The zero-order chi connectivity index (χ0) is 20.8. The highest BCUT2D eigenvalue weighted by Gasteiger charge is 2.22. The van der Waals surface area contributed by atoms with Gasteiger partial charge in [-0.25, -0.2) is 0 Å². The molecule has 7 nitrogen and oxygen atoms in total. The minimum absolute atomic E-state index is 0.00207. The van der Waals surface area contributed by atoms with E-state index >= 15 is 0 Å². The largest absolute Gasteiger partial charge is 0.484 e. The number of amides is 1. The molecule has 7 heteroatoms. The molecule has 3 aromatic rings. The fraction of sp³-hybridized carbons (Fsp3) is 0.261. The highest BCUT2D eigenvalue weighted by atomic mass is 16.5. The third-order valence-corrected chi connectivity index (χ3v) is 5.04. The number of para-hydroxylation sites is 1. The first-order valence-electron chi connectivity index (χ1n) is 10.1. The van der Waals surface area contributed by atoms with Crippen LogP contribution in [-0.2, 0) is 4.79 Å². The highest BCUT2D eigenvalue weighted by molar-refractivity contribution is 5.78. The van der Waals surface area contributed by atoms with Gasteiger partial charge < -0.3 is 19.9 Å². The van der Waals surface area contributed by atoms with Gasteiger partial charge in [0.2, 0.25) is 0 Å². The molecule has 0 radical (unpaired) electrons. The molecule has 1 aromatic heterocycles. The lowest BCUT2D eigenvalue weighted by molar-refractivity contribution is -0.133. The summed E-state index contributed by atoms with van der Waals surface area (Å²) < 4.78 is 5.57. The molecule has 1 amide bonds. The Hall–Kier alpha value is -3.61. The summed E-state index contributed by atoms with van der Waals surface area (Å²) in [6.45, 7) is 4.84. The number of benzene rings is 2. The fourth-order valence-electron chi connectivity index (χ4n) is 3.28. The van der Waals surface area contributed by atoms with Gasteiger partial charge in [0.05, 0.1) is 0 Å². The van der Waals surface area contributed by atoms with Crippen molar-refractivity contribution < 1.29 is 9.53 Å². The van der Waals surface area contributed by atoms with Crippen LogP contribution in [-0.4, -0.2) is 53.8 Å². The lowest BCUT2D eigenvalue weighted by Gasteiger charge is -2.35. The second kappa shape index (κ2) is 9.26. The number of hydrogen-bond acceptors (Lipinski definition) is 6. The van der Waals surface area contributed by atoms with E-state index in [4.69, 9.17) is 4.74 Å². The van der Waals surface area contributed by atoms with Crippen molar-refractivity contribution in [1.82, 2.24) is 15.1 Å². The van der Waals surface area contributed by atoms with Crippen molar-refractivity contribution >= 4 is 23.2 Å². The van der Waals surface area contributed by atoms with E-state index in [2.05, 4.69) is 39.5 Å². The number of rotatable bonds is 6. The molecule has 1 aliphatic heterocycles.